The number of nitrogens with zero attached hydrogens (tertiary/aromatic N) is 1. The highest BCUT2D eigenvalue weighted by atomic mass is 35.5. The highest BCUT2D eigenvalue weighted by Gasteiger charge is 2.22. The van der Waals surface area contributed by atoms with Gasteiger partial charge in [0.05, 0.1) is 15.0 Å². The fraction of sp³-hybridized carbons (Fsp3) is 0. The van der Waals surface area contributed by atoms with Gasteiger partial charge in [-0.1, -0.05) is 41.4 Å². The zero-order chi connectivity index (χ0) is 14.7. The van der Waals surface area contributed by atoms with E-state index >= 15 is 0 Å². The lowest BCUT2D eigenvalue weighted by Gasteiger charge is -2.08. The van der Waals surface area contributed by atoms with Crippen LogP contribution in [-0.2, 0) is 0 Å². The molecule has 102 valence electrons. The molecule has 0 aliphatic heterocycles. The second-order valence-corrected chi connectivity index (χ2v) is 4.53. The molecule has 2 aromatic carbocycles. The SMILES string of the molecule is O=C(Oc1c(Cl)cccc1Cl)c1ccccc1[N+](=O)[O-]. The summed E-state index contributed by atoms with van der Waals surface area (Å²) >= 11 is 11.7. The Bertz CT molecular complexity index is 668. The number of carbonyl (C=O) groups is 1. The van der Waals surface area contributed by atoms with Crippen LogP contribution in [0.2, 0.25) is 10.0 Å². The van der Waals surface area contributed by atoms with Crippen molar-refractivity contribution in [2.24, 2.45) is 0 Å². The smallest absolute Gasteiger partial charge is 0.350 e. The summed E-state index contributed by atoms with van der Waals surface area (Å²) < 4.78 is 5.05. The van der Waals surface area contributed by atoms with Gasteiger partial charge in [0.15, 0.2) is 5.75 Å². The first kappa shape index (κ1) is 14.3. The lowest BCUT2D eigenvalue weighted by Crippen LogP contribution is -2.11. The van der Waals surface area contributed by atoms with Crippen LogP contribution in [0.25, 0.3) is 0 Å². The number of hydrogen-bond donors (Lipinski definition) is 0. The molecule has 0 unspecified atom stereocenters. The summed E-state index contributed by atoms with van der Waals surface area (Å²) in [6.45, 7) is 0. The Morgan fingerprint density at radius 3 is 2.25 bits per heavy atom. The maximum atomic E-state index is 12.0. The van der Waals surface area contributed by atoms with Gasteiger partial charge >= 0.3 is 5.97 Å². The second kappa shape index (κ2) is 5.90. The number of para-hydroxylation sites is 2. The normalized spacial score (nSPS) is 10.1. The number of halogens is 2. The van der Waals surface area contributed by atoms with Crippen molar-refractivity contribution in [1.29, 1.82) is 0 Å². The van der Waals surface area contributed by atoms with Crippen molar-refractivity contribution in [2.45, 2.75) is 0 Å². The lowest BCUT2D eigenvalue weighted by atomic mass is 10.2. The highest BCUT2D eigenvalue weighted by molar-refractivity contribution is 6.37. The van der Waals surface area contributed by atoms with Gasteiger partial charge in [0, 0.05) is 6.07 Å². The molecule has 2 rings (SSSR count). The summed E-state index contributed by atoms with van der Waals surface area (Å²) in [4.78, 5) is 22.2. The Hall–Kier alpha value is -2.11. The summed E-state index contributed by atoms with van der Waals surface area (Å²) in [5.74, 6) is -0.925. The molecule has 0 spiro atoms. The van der Waals surface area contributed by atoms with Crippen LogP contribution >= 0.6 is 23.2 Å². The first-order valence-electron chi connectivity index (χ1n) is 5.40. The number of hydrogen-bond acceptors (Lipinski definition) is 4. The van der Waals surface area contributed by atoms with Crippen molar-refractivity contribution >= 4 is 34.9 Å². The van der Waals surface area contributed by atoms with Crippen molar-refractivity contribution < 1.29 is 14.5 Å². The van der Waals surface area contributed by atoms with E-state index in [1.54, 1.807) is 6.07 Å². The molecule has 0 bridgehead atoms. The van der Waals surface area contributed by atoms with Crippen LogP contribution in [0.15, 0.2) is 42.5 Å². The van der Waals surface area contributed by atoms with E-state index < -0.39 is 10.9 Å². The van der Waals surface area contributed by atoms with Gasteiger partial charge in [-0.15, -0.1) is 0 Å². The van der Waals surface area contributed by atoms with Crippen LogP contribution in [-0.4, -0.2) is 10.9 Å². The summed E-state index contributed by atoms with van der Waals surface area (Å²) in [5, 5.41) is 11.1. The molecule has 20 heavy (non-hydrogen) atoms. The number of ether oxygens (including phenoxy) is 1. The zero-order valence-electron chi connectivity index (χ0n) is 9.88. The van der Waals surface area contributed by atoms with Crippen LogP contribution in [0.3, 0.4) is 0 Å². The van der Waals surface area contributed by atoms with Crippen LogP contribution in [0, 0.1) is 10.1 Å². The molecule has 0 atom stereocenters. The van der Waals surface area contributed by atoms with Crippen LogP contribution < -0.4 is 4.74 Å². The van der Waals surface area contributed by atoms with Gasteiger partial charge in [0.2, 0.25) is 0 Å². The number of carbonyl (C=O) groups excluding carboxylic acids is 1. The summed E-state index contributed by atoms with van der Waals surface area (Å²) in [7, 11) is 0. The second-order valence-electron chi connectivity index (χ2n) is 3.71. The lowest BCUT2D eigenvalue weighted by molar-refractivity contribution is -0.385. The Morgan fingerprint density at radius 2 is 1.65 bits per heavy atom. The molecule has 0 saturated carbocycles. The summed E-state index contributed by atoms with van der Waals surface area (Å²) in [5.41, 5.74) is -0.519. The maximum Gasteiger partial charge on any atom is 0.350 e. The number of nitro groups is 1. The van der Waals surface area contributed by atoms with Crippen LogP contribution in [0.4, 0.5) is 5.69 Å². The van der Waals surface area contributed by atoms with Crippen LogP contribution in [0.1, 0.15) is 10.4 Å². The minimum absolute atomic E-state index is 0.0287. The minimum atomic E-state index is -0.896. The molecule has 0 aliphatic carbocycles. The van der Waals surface area contributed by atoms with Gasteiger partial charge in [-0.2, -0.15) is 0 Å². The van der Waals surface area contributed by atoms with E-state index in [9.17, 15) is 14.9 Å². The van der Waals surface area contributed by atoms with E-state index in [2.05, 4.69) is 0 Å². The minimum Gasteiger partial charge on any atom is -0.420 e. The van der Waals surface area contributed by atoms with Gasteiger partial charge in [-0.05, 0) is 18.2 Å². The van der Waals surface area contributed by atoms with E-state index in [4.69, 9.17) is 27.9 Å². The summed E-state index contributed by atoms with van der Waals surface area (Å²) in [6, 6.07) is 10.0. The van der Waals surface area contributed by atoms with Crippen molar-refractivity contribution in [3.05, 3.63) is 68.2 Å². The predicted octanol–water partition coefficient (Wildman–Crippen LogP) is 4.12. The molecule has 2 aromatic rings. The zero-order valence-corrected chi connectivity index (χ0v) is 11.4. The highest BCUT2D eigenvalue weighted by Crippen LogP contribution is 2.33. The number of esters is 1. The van der Waals surface area contributed by atoms with Crippen molar-refractivity contribution in [3.63, 3.8) is 0 Å². The third-order valence-corrected chi connectivity index (χ3v) is 3.03. The molecular weight excluding hydrogens is 305 g/mol. The molecule has 5 nitrogen and oxygen atoms in total. The third-order valence-electron chi connectivity index (χ3n) is 2.43. The number of nitro benzene ring substituents is 1. The number of benzene rings is 2. The average molecular weight is 312 g/mol. The molecular formula is C13H7Cl2NO4. The van der Waals surface area contributed by atoms with Gasteiger partial charge < -0.3 is 4.74 Å². The fourth-order valence-electron chi connectivity index (χ4n) is 1.53. The quantitative estimate of drug-likeness (QED) is 0.370. The Morgan fingerprint density at radius 1 is 1.05 bits per heavy atom. The van der Waals surface area contributed by atoms with Gasteiger partial charge in [-0.3, -0.25) is 10.1 Å². The Kier molecular flexibility index (Phi) is 4.22. The fourth-order valence-corrected chi connectivity index (χ4v) is 2.01. The van der Waals surface area contributed by atoms with E-state index in [1.165, 1.54) is 36.4 Å². The van der Waals surface area contributed by atoms with E-state index in [0.29, 0.717) is 0 Å². The average Bonchev–Trinajstić information content (AvgIpc) is 2.43. The standard InChI is InChI=1S/C13H7Cl2NO4/c14-9-5-3-6-10(15)12(9)20-13(17)8-4-1-2-7-11(8)16(18)19/h1-7H. The number of rotatable bonds is 3. The van der Waals surface area contributed by atoms with Gasteiger partial charge in [0.1, 0.15) is 5.56 Å². The molecule has 0 heterocycles. The third kappa shape index (κ3) is 2.89. The molecule has 0 fully saturated rings. The van der Waals surface area contributed by atoms with Gasteiger partial charge in [-0.25, -0.2) is 4.79 Å². The molecule has 0 saturated heterocycles. The van der Waals surface area contributed by atoms with Crippen molar-refractivity contribution in [2.75, 3.05) is 0 Å². The van der Waals surface area contributed by atoms with Crippen molar-refractivity contribution in [1.82, 2.24) is 0 Å². The molecule has 0 N–H and O–H groups in total. The van der Waals surface area contributed by atoms with E-state index in [0.717, 1.165) is 0 Å². The molecule has 7 heteroatoms. The molecule has 0 aliphatic rings. The molecule has 0 amide bonds. The molecule has 0 radical (unpaired) electrons. The Labute approximate surface area is 123 Å². The van der Waals surface area contributed by atoms with E-state index in [1.807, 2.05) is 0 Å². The van der Waals surface area contributed by atoms with Crippen LogP contribution in [0.5, 0.6) is 5.75 Å². The topological polar surface area (TPSA) is 69.4 Å². The summed E-state index contributed by atoms with van der Waals surface area (Å²) in [6.07, 6.45) is 0. The largest absolute Gasteiger partial charge is 0.420 e. The predicted molar refractivity (Wildman–Crippen MR) is 74.5 cm³/mol. The van der Waals surface area contributed by atoms with E-state index in [-0.39, 0.29) is 27.0 Å². The first-order chi connectivity index (χ1) is 9.50. The Balaban J connectivity index is 2.36. The molecule has 0 aromatic heterocycles. The first-order valence-corrected chi connectivity index (χ1v) is 6.16. The van der Waals surface area contributed by atoms with Crippen molar-refractivity contribution in [3.8, 4) is 5.75 Å². The maximum absolute atomic E-state index is 12.0. The van der Waals surface area contributed by atoms with Gasteiger partial charge in [0.25, 0.3) is 5.69 Å². The monoisotopic (exact) mass is 311 g/mol.